The van der Waals surface area contributed by atoms with Gasteiger partial charge in [-0.2, -0.15) is 4.31 Å². The number of nitrogens with two attached hydrogens (primary N) is 2. The Bertz CT molecular complexity index is 2280. The molecule has 0 aliphatic carbocycles. The molecule has 8 N–H and O–H groups in total. The monoisotopic (exact) mass is 778 g/mol. The molecule has 2 aliphatic heterocycles. The van der Waals surface area contributed by atoms with Gasteiger partial charge in [0, 0.05) is 19.2 Å². The van der Waals surface area contributed by atoms with E-state index in [4.69, 9.17) is 37.3 Å². The number of aromatic nitrogens is 8. The number of nitrogen functional groups attached to an aromatic ring is 2. The maximum atomic E-state index is 14.1. The van der Waals surface area contributed by atoms with Crippen molar-refractivity contribution in [2.75, 3.05) is 37.8 Å². The summed E-state index contributed by atoms with van der Waals surface area (Å²) >= 11 is 5.95. The Balaban J connectivity index is 1.17. The maximum Gasteiger partial charge on any atom is 0.289 e. The molecule has 0 spiro atoms. The molecule has 0 amide bonds. The summed E-state index contributed by atoms with van der Waals surface area (Å²) in [5.74, 6) is 0.130. The second kappa shape index (κ2) is 14.2. The number of ether oxygens (including phenoxy) is 3. The summed E-state index contributed by atoms with van der Waals surface area (Å²) in [7, 11) is -4.65. The van der Waals surface area contributed by atoms with Crippen molar-refractivity contribution < 1.29 is 48.0 Å². The molecule has 282 valence electrons. The molecule has 0 bridgehead atoms. The standard InChI is InChI=1S/C28H31ClN12O11S/c29-13-2-1-12(5-14(13)41(46)47)53(48,49)38(6-15-19(43)21(45)27(51-15)39-10-36-17-23(30)32-8-34-25(17)39)3-4-50-22-20(44)16(7-42)52-28(22)40-11-37-18-24(31)33-9-35-26(18)40/h1-2,5,8-11,15-16,19-22,27-28,42-45H,3-4,6-7H2,(H2,30,32,34)(H2,31,33,35)/t15-,16-,19-,20-,21-,22-,27-,28-/m1/s1. The van der Waals surface area contributed by atoms with Crippen molar-refractivity contribution in [3.63, 3.8) is 0 Å². The van der Waals surface area contributed by atoms with E-state index in [0.717, 1.165) is 22.5 Å². The van der Waals surface area contributed by atoms with E-state index in [1.807, 2.05) is 0 Å². The van der Waals surface area contributed by atoms with Crippen molar-refractivity contribution in [3.05, 3.63) is 58.6 Å². The molecule has 8 atom stereocenters. The van der Waals surface area contributed by atoms with Crippen molar-refractivity contribution in [3.8, 4) is 0 Å². The summed E-state index contributed by atoms with van der Waals surface area (Å²) in [6, 6.07) is 2.90. The third-order valence-electron chi connectivity index (χ3n) is 8.94. The van der Waals surface area contributed by atoms with E-state index >= 15 is 0 Å². The number of nitro groups is 1. The van der Waals surface area contributed by atoms with Crippen LogP contribution in [0.4, 0.5) is 17.3 Å². The quantitative estimate of drug-likeness (QED) is 0.0609. The Morgan fingerprint density at radius 3 is 2.11 bits per heavy atom. The maximum absolute atomic E-state index is 14.1. The minimum Gasteiger partial charge on any atom is -0.394 e. The average molecular weight is 779 g/mol. The Kier molecular flexibility index (Phi) is 9.83. The Hall–Kier alpha value is -4.76. The van der Waals surface area contributed by atoms with E-state index in [1.54, 1.807) is 0 Å². The molecule has 6 heterocycles. The van der Waals surface area contributed by atoms with Crippen molar-refractivity contribution in [2.45, 2.75) is 54.0 Å². The molecule has 5 aromatic rings. The summed E-state index contributed by atoms with van der Waals surface area (Å²) < 4.78 is 49.7. The first kappa shape index (κ1) is 36.6. The van der Waals surface area contributed by atoms with Crippen LogP contribution in [0.5, 0.6) is 0 Å². The Labute approximate surface area is 302 Å². The highest BCUT2D eigenvalue weighted by Gasteiger charge is 2.48. The van der Waals surface area contributed by atoms with Gasteiger partial charge in [0.2, 0.25) is 10.0 Å². The SMILES string of the molecule is Nc1ncnc2c1ncn2[C@@H]1O[C@H](CN(CCO[C@@H]2[C@H](O)[C@@H](CO)O[C@H]2n2cnc3c(N)ncnc32)S(=O)(=O)c2ccc(Cl)c([N+](=O)[O-])c2)[C@@H](O)[C@H]1O. The number of sulfonamides is 1. The number of nitrogens with zero attached hydrogens (tertiary/aromatic N) is 10. The lowest BCUT2D eigenvalue weighted by Crippen LogP contribution is -2.45. The average Bonchev–Trinajstić information content (AvgIpc) is 3.90. The number of imidazole rings is 2. The predicted octanol–water partition coefficient (Wildman–Crippen LogP) is -1.66. The van der Waals surface area contributed by atoms with Gasteiger partial charge >= 0.3 is 0 Å². The summed E-state index contributed by atoms with van der Waals surface area (Å²) in [4.78, 5) is 34.7. The lowest BCUT2D eigenvalue weighted by molar-refractivity contribution is -0.384. The molecular weight excluding hydrogens is 748 g/mol. The number of benzene rings is 1. The molecule has 1 aromatic carbocycles. The lowest BCUT2D eigenvalue weighted by Gasteiger charge is -2.28. The van der Waals surface area contributed by atoms with Crippen LogP contribution in [0.25, 0.3) is 22.3 Å². The zero-order chi connectivity index (χ0) is 37.8. The largest absolute Gasteiger partial charge is 0.394 e. The van der Waals surface area contributed by atoms with Gasteiger partial charge in [-0.25, -0.2) is 38.3 Å². The zero-order valence-corrected chi connectivity index (χ0v) is 28.6. The molecule has 2 fully saturated rings. The van der Waals surface area contributed by atoms with Gasteiger partial charge in [-0.15, -0.1) is 0 Å². The van der Waals surface area contributed by atoms with Gasteiger partial charge in [0.15, 0.2) is 35.4 Å². The fourth-order valence-electron chi connectivity index (χ4n) is 6.24. The van der Waals surface area contributed by atoms with Gasteiger partial charge in [0.25, 0.3) is 5.69 Å². The van der Waals surface area contributed by atoms with Crippen LogP contribution in [0.3, 0.4) is 0 Å². The van der Waals surface area contributed by atoms with Gasteiger partial charge in [-0.05, 0) is 12.1 Å². The first-order chi connectivity index (χ1) is 25.3. The molecule has 4 aromatic heterocycles. The van der Waals surface area contributed by atoms with Crippen molar-refractivity contribution >= 4 is 61.3 Å². The van der Waals surface area contributed by atoms with Gasteiger partial charge in [0.1, 0.15) is 65.3 Å². The van der Waals surface area contributed by atoms with Crippen LogP contribution in [0.1, 0.15) is 12.5 Å². The summed E-state index contributed by atoms with van der Waals surface area (Å²) in [6.07, 6.45) is -5.83. The molecule has 7 rings (SSSR count). The second-order valence-electron chi connectivity index (χ2n) is 12.0. The molecular formula is C28H31ClN12O11S. The minimum absolute atomic E-state index is 0.0524. The van der Waals surface area contributed by atoms with Crippen LogP contribution in [0.2, 0.25) is 5.02 Å². The zero-order valence-electron chi connectivity index (χ0n) is 27.0. The summed E-state index contributed by atoms with van der Waals surface area (Å²) in [6.45, 7) is -2.11. The fourth-order valence-corrected chi connectivity index (χ4v) is 7.88. The topological polar surface area (TPSA) is 328 Å². The predicted molar refractivity (Wildman–Crippen MR) is 179 cm³/mol. The van der Waals surface area contributed by atoms with E-state index in [-0.39, 0.29) is 39.0 Å². The van der Waals surface area contributed by atoms with Crippen molar-refractivity contribution in [2.24, 2.45) is 0 Å². The highest BCUT2D eigenvalue weighted by Crippen LogP contribution is 2.36. The fraction of sp³-hybridized carbons (Fsp3) is 0.429. The lowest BCUT2D eigenvalue weighted by atomic mass is 10.1. The van der Waals surface area contributed by atoms with Crippen LogP contribution in [-0.2, 0) is 24.2 Å². The van der Waals surface area contributed by atoms with E-state index in [9.17, 15) is 39.0 Å². The molecule has 2 saturated heterocycles. The molecule has 0 unspecified atom stereocenters. The van der Waals surface area contributed by atoms with Crippen LogP contribution in [0, 0.1) is 10.1 Å². The smallest absolute Gasteiger partial charge is 0.289 e. The van der Waals surface area contributed by atoms with Crippen molar-refractivity contribution in [1.82, 2.24) is 43.3 Å². The highest BCUT2D eigenvalue weighted by molar-refractivity contribution is 7.89. The number of hydrogen-bond acceptors (Lipinski definition) is 19. The molecule has 53 heavy (non-hydrogen) atoms. The second-order valence-corrected chi connectivity index (χ2v) is 14.4. The van der Waals surface area contributed by atoms with Gasteiger partial charge < -0.3 is 46.1 Å². The normalized spacial score (nSPS) is 26.3. The number of aliphatic hydroxyl groups is 4. The van der Waals surface area contributed by atoms with Crippen LogP contribution < -0.4 is 11.5 Å². The third kappa shape index (κ3) is 6.47. The van der Waals surface area contributed by atoms with E-state index < -0.39 is 101 Å². The van der Waals surface area contributed by atoms with Gasteiger partial charge in [0.05, 0.1) is 35.7 Å². The number of halogens is 1. The minimum atomic E-state index is -4.65. The number of anilines is 2. The number of hydrogen-bond donors (Lipinski definition) is 6. The molecule has 2 aliphatic rings. The molecule has 25 heteroatoms. The highest BCUT2D eigenvalue weighted by atomic mass is 35.5. The van der Waals surface area contributed by atoms with E-state index in [1.165, 1.54) is 34.4 Å². The number of aliphatic hydroxyl groups excluding tert-OH is 4. The van der Waals surface area contributed by atoms with Crippen LogP contribution in [-0.4, -0.2) is 140 Å². The summed E-state index contributed by atoms with van der Waals surface area (Å²) in [5.41, 5.74) is 12.0. The van der Waals surface area contributed by atoms with Crippen LogP contribution in [0.15, 0.2) is 48.4 Å². The molecule has 0 radical (unpaired) electrons. The number of rotatable bonds is 12. The van der Waals surface area contributed by atoms with Crippen LogP contribution >= 0.6 is 11.6 Å². The summed E-state index contributed by atoms with van der Waals surface area (Å²) in [5, 5.41) is 54.4. The van der Waals surface area contributed by atoms with Crippen molar-refractivity contribution in [1.29, 1.82) is 0 Å². The molecule has 0 saturated carbocycles. The van der Waals surface area contributed by atoms with E-state index in [0.29, 0.717) is 0 Å². The first-order valence-electron chi connectivity index (χ1n) is 15.7. The van der Waals surface area contributed by atoms with Gasteiger partial charge in [-0.1, -0.05) is 11.6 Å². The van der Waals surface area contributed by atoms with Gasteiger partial charge in [-0.3, -0.25) is 19.2 Å². The molecule has 23 nitrogen and oxygen atoms in total. The number of nitro benzene ring substituents is 1. The van der Waals surface area contributed by atoms with E-state index in [2.05, 4.69) is 29.9 Å². The Morgan fingerprint density at radius 1 is 0.906 bits per heavy atom. The number of fused-ring (bicyclic) bond motifs is 2. The first-order valence-corrected chi connectivity index (χ1v) is 17.5. The third-order valence-corrected chi connectivity index (χ3v) is 11.1. The Morgan fingerprint density at radius 2 is 1.51 bits per heavy atom.